The van der Waals surface area contributed by atoms with E-state index in [4.69, 9.17) is 0 Å². The maximum absolute atomic E-state index is 14.1. The topological polar surface area (TPSA) is 64.7 Å². The minimum Gasteiger partial charge on any atom is -0.373 e. The summed E-state index contributed by atoms with van der Waals surface area (Å²) >= 11 is 0. The molecule has 0 spiro atoms. The lowest BCUT2D eigenvalue weighted by Gasteiger charge is -2.42. The Labute approximate surface area is 171 Å². The molecule has 6 nitrogen and oxygen atoms in total. The van der Waals surface area contributed by atoms with Crippen molar-refractivity contribution in [2.24, 2.45) is 0 Å². The number of fused-ring (bicyclic) bond motifs is 1. The zero-order valence-corrected chi connectivity index (χ0v) is 17.3. The molecular weight excluding hydrogens is 371 g/mol. The van der Waals surface area contributed by atoms with E-state index in [1.54, 1.807) is 13.0 Å². The van der Waals surface area contributed by atoms with Gasteiger partial charge in [0.1, 0.15) is 11.9 Å². The van der Waals surface area contributed by atoms with Crippen molar-refractivity contribution in [3.8, 4) is 0 Å². The molecule has 4 rings (SSSR count). The van der Waals surface area contributed by atoms with Crippen molar-refractivity contribution >= 4 is 17.5 Å². The van der Waals surface area contributed by atoms with Crippen molar-refractivity contribution in [3.63, 3.8) is 0 Å². The predicted molar refractivity (Wildman–Crippen MR) is 110 cm³/mol. The summed E-state index contributed by atoms with van der Waals surface area (Å²) in [6, 6.07) is 3.57. The first-order valence-corrected chi connectivity index (χ1v) is 10.8. The smallest absolute Gasteiger partial charge is 0.243 e. The number of carbonyl (C=O) groups excluding carboxylic acids is 2. The van der Waals surface area contributed by atoms with Crippen LogP contribution in [0.1, 0.15) is 43.7 Å². The zero-order chi connectivity index (χ0) is 20.5. The summed E-state index contributed by atoms with van der Waals surface area (Å²) in [5.41, 5.74) is 2.37. The molecule has 0 aromatic heterocycles. The van der Waals surface area contributed by atoms with Crippen molar-refractivity contribution in [2.75, 3.05) is 31.5 Å². The molecule has 1 aliphatic carbocycles. The Morgan fingerprint density at radius 1 is 1.10 bits per heavy atom. The number of nitrogens with one attached hydrogen (secondary N) is 2. The van der Waals surface area contributed by atoms with Crippen molar-refractivity contribution in [1.29, 1.82) is 0 Å². The third kappa shape index (κ3) is 4.25. The predicted octanol–water partition coefficient (Wildman–Crippen LogP) is 2.06. The minimum atomic E-state index is -0.391. The van der Waals surface area contributed by atoms with Crippen LogP contribution >= 0.6 is 0 Å². The molecule has 1 saturated carbocycles. The third-order valence-corrected chi connectivity index (χ3v) is 6.83. The van der Waals surface area contributed by atoms with Crippen LogP contribution in [-0.2, 0) is 16.0 Å². The Bertz CT molecular complexity index is 752. The number of amides is 2. The van der Waals surface area contributed by atoms with E-state index in [1.165, 1.54) is 6.07 Å². The van der Waals surface area contributed by atoms with Crippen LogP contribution in [0.5, 0.6) is 0 Å². The van der Waals surface area contributed by atoms with Gasteiger partial charge >= 0.3 is 0 Å². The number of aryl methyl sites for hydroxylation is 1. The van der Waals surface area contributed by atoms with Crippen LogP contribution in [0.2, 0.25) is 0 Å². The number of hydrogen-bond acceptors (Lipinski definition) is 4. The van der Waals surface area contributed by atoms with E-state index in [9.17, 15) is 14.0 Å². The van der Waals surface area contributed by atoms with Crippen LogP contribution in [0.15, 0.2) is 12.1 Å². The highest BCUT2D eigenvalue weighted by atomic mass is 19.1. The number of benzene rings is 1. The maximum Gasteiger partial charge on any atom is 0.243 e. The SMILES string of the molecule is CC(=O)N1CCN(C2CCC(NC(=O)C3Cc4c(F)ccc(C)c4N3)CC2)CC1. The second kappa shape index (κ2) is 8.30. The molecule has 158 valence electrons. The zero-order valence-electron chi connectivity index (χ0n) is 17.3. The normalized spacial score (nSPS) is 27.3. The molecule has 3 aliphatic rings. The lowest BCUT2D eigenvalue weighted by atomic mass is 9.89. The lowest BCUT2D eigenvalue weighted by Crippen LogP contribution is -2.53. The summed E-state index contributed by atoms with van der Waals surface area (Å²) in [4.78, 5) is 28.6. The molecule has 0 bridgehead atoms. The fourth-order valence-corrected chi connectivity index (χ4v) is 5.02. The van der Waals surface area contributed by atoms with Crippen LogP contribution in [0.4, 0.5) is 10.1 Å². The monoisotopic (exact) mass is 402 g/mol. The molecule has 1 atom stereocenters. The van der Waals surface area contributed by atoms with Gasteiger partial charge in [-0.2, -0.15) is 0 Å². The molecule has 1 aromatic rings. The second-order valence-electron chi connectivity index (χ2n) is 8.67. The molecule has 1 saturated heterocycles. The molecule has 1 unspecified atom stereocenters. The number of rotatable bonds is 3. The molecular formula is C22H31FN4O2. The van der Waals surface area contributed by atoms with E-state index in [0.29, 0.717) is 18.0 Å². The van der Waals surface area contributed by atoms with E-state index in [2.05, 4.69) is 15.5 Å². The molecule has 29 heavy (non-hydrogen) atoms. The van der Waals surface area contributed by atoms with Crippen LogP contribution in [0.3, 0.4) is 0 Å². The average Bonchev–Trinajstić information content (AvgIpc) is 3.19. The molecule has 2 heterocycles. The van der Waals surface area contributed by atoms with E-state index in [0.717, 1.165) is 63.1 Å². The Balaban J connectivity index is 1.24. The van der Waals surface area contributed by atoms with Crippen LogP contribution in [-0.4, -0.2) is 65.9 Å². The Hall–Kier alpha value is -2.15. The summed E-state index contributed by atoms with van der Waals surface area (Å²) in [6.45, 7) is 7.08. The number of anilines is 1. The standard InChI is InChI=1S/C22H31FN4O2/c1-14-3-8-19(23)18-13-20(25-21(14)18)22(29)24-16-4-6-17(7-5-16)27-11-9-26(10-12-27)15(2)28/h3,8,16-17,20,25H,4-7,9-13H2,1-2H3,(H,24,29). The van der Waals surface area contributed by atoms with Gasteiger partial charge in [0.15, 0.2) is 0 Å². The average molecular weight is 403 g/mol. The molecule has 1 aromatic carbocycles. The summed E-state index contributed by atoms with van der Waals surface area (Å²) in [5.74, 6) is -0.105. The quantitative estimate of drug-likeness (QED) is 0.812. The summed E-state index contributed by atoms with van der Waals surface area (Å²) in [5, 5.41) is 6.40. The van der Waals surface area contributed by atoms with Gasteiger partial charge in [-0.1, -0.05) is 6.07 Å². The highest BCUT2D eigenvalue weighted by molar-refractivity contribution is 5.88. The molecule has 2 N–H and O–H groups in total. The van der Waals surface area contributed by atoms with Crippen LogP contribution in [0.25, 0.3) is 0 Å². The van der Waals surface area contributed by atoms with Crippen LogP contribution < -0.4 is 10.6 Å². The number of halogens is 1. The van der Waals surface area contributed by atoms with Gasteiger partial charge in [0.2, 0.25) is 11.8 Å². The largest absolute Gasteiger partial charge is 0.373 e. The first-order chi connectivity index (χ1) is 13.9. The Morgan fingerprint density at radius 2 is 1.79 bits per heavy atom. The van der Waals surface area contributed by atoms with Gasteiger partial charge in [-0.15, -0.1) is 0 Å². The second-order valence-corrected chi connectivity index (χ2v) is 8.67. The summed E-state index contributed by atoms with van der Waals surface area (Å²) in [7, 11) is 0. The van der Waals surface area contributed by atoms with E-state index in [-0.39, 0.29) is 23.7 Å². The number of carbonyl (C=O) groups is 2. The Morgan fingerprint density at radius 3 is 2.41 bits per heavy atom. The van der Waals surface area contributed by atoms with Gasteiger partial charge in [0, 0.05) is 62.9 Å². The number of hydrogen-bond donors (Lipinski definition) is 2. The van der Waals surface area contributed by atoms with Gasteiger partial charge in [0.05, 0.1) is 0 Å². The number of piperazine rings is 1. The van der Waals surface area contributed by atoms with Crippen molar-refractivity contribution in [2.45, 2.75) is 64.1 Å². The summed E-state index contributed by atoms with van der Waals surface area (Å²) in [6.07, 6.45) is 4.48. The molecule has 2 amide bonds. The highest BCUT2D eigenvalue weighted by Crippen LogP contribution is 2.32. The highest BCUT2D eigenvalue weighted by Gasteiger charge is 2.33. The first-order valence-electron chi connectivity index (χ1n) is 10.8. The minimum absolute atomic E-state index is 0.0291. The van der Waals surface area contributed by atoms with Gasteiger partial charge in [-0.3, -0.25) is 14.5 Å². The van der Waals surface area contributed by atoms with E-state index >= 15 is 0 Å². The van der Waals surface area contributed by atoms with E-state index < -0.39 is 6.04 Å². The van der Waals surface area contributed by atoms with Crippen LogP contribution in [0, 0.1) is 12.7 Å². The first kappa shape index (κ1) is 20.1. The molecule has 0 radical (unpaired) electrons. The van der Waals surface area contributed by atoms with Gasteiger partial charge in [-0.25, -0.2) is 4.39 Å². The van der Waals surface area contributed by atoms with Gasteiger partial charge in [0.25, 0.3) is 0 Å². The maximum atomic E-state index is 14.1. The molecule has 2 fully saturated rings. The molecule has 2 aliphatic heterocycles. The fraction of sp³-hybridized carbons (Fsp3) is 0.636. The van der Waals surface area contributed by atoms with Crippen molar-refractivity contribution in [3.05, 3.63) is 29.1 Å². The Kier molecular flexibility index (Phi) is 5.76. The summed E-state index contributed by atoms with van der Waals surface area (Å²) < 4.78 is 14.1. The lowest BCUT2D eigenvalue weighted by molar-refractivity contribution is -0.131. The fourth-order valence-electron chi connectivity index (χ4n) is 5.02. The van der Waals surface area contributed by atoms with Gasteiger partial charge < -0.3 is 15.5 Å². The van der Waals surface area contributed by atoms with Crippen molar-refractivity contribution in [1.82, 2.24) is 15.1 Å². The van der Waals surface area contributed by atoms with Gasteiger partial charge in [-0.05, 0) is 44.2 Å². The van der Waals surface area contributed by atoms with E-state index in [1.807, 2.05) is 11.8 Å². The van der Waals surface area contributed by atoms with Crippen molar-refractivity contribution < 1.29 is 14.0 Å². The third-order valence-electron chi connectivity index (χ3n) is 6.83. The molecule has 7 heteroatoms. The number of nitrogens with zero attached hydrogens (tertiary/aromatic N) is 2.